The summed E-state index contributed by atoms with van der Waals surface area (Å²) in [5.41, 5.74) is 1.18. The Morgan fingerprint density at radius 3 is 2.30 bits per heavy atom. The summed E-state index contributed by atoms with van der Waals surface area (Å²) >= 11 is 3.28. The van der Waals surface area contributed by atoms with Crippen LogP contribution in [0.5, 0.6) is 17.2 Å². The van der Waals surface area contributed by atoms with Crippen molar-refractivity contribution in [2.24, 2.45) is 7.05 Å². The number of aryl methyl sites for hydroxylation is 1. The third-order valence-corrected chi connectivity index (χ3v) is 4.12. The zero-order valence-corrected chi connectivity index (χ0v) is 14.9. The number of rotatable bonds is 6. The van der Waals surface area contributed by atoms with Crippen LogP contribution in [0.25, 0.3) is 0 Å². The summed E-state index contributed by atoms with van der Waals surface area (Å²) in [5, 5.41) is 7.15. The zero-order chi connectivity index (χ0) is 17.0. The third kappa shape index (κ3) is 3.58. The van der Waals surface area contributed by atoms with Crippen LogP contribution in [0.2, 0.25) is 0 Å². The van der Waals surface area contributed by atoms with Crippen LogP contribution in [0.4, 0.5) is 5.69 Å². The summed E-state index contributed by atoms with van der Waals surface area (Å²) in [5.74, 6) is 1.89. The molecule has 0 unspecified atom stereocenters. The second-order valence-corrected chi connectivity index (χ2v) is 5.46. The summed E-state index contributed by atoms with van der Waals surface area (Å²) in [7, 11) is 6.32. The quantitative estimate of drug-likeness (QED) is 0.823. The van der Waals surface area contributed by atoms with Crippen molar-refractivity contribution < 1.29 is 14.2 Å². The zero-order valence-electron chi connectivity index (χ0n) is 13.3. The average molecular weight is 384 g/mol. The van der Waals surface area contributed by atoms with Crippen molar-refractivity contribution in [3.63, 3.8) is 0 Å². The molecule has 23 heavy (non-hydrogen) atoms. The van der Waals surface area contributed by atoms with Gasteiger partial charge in [0.15, 0.2) is 0 Å². The van der Waals surface area contributed by atoms with Crippen molar-refractivity contribution in [3.8, 4) is 17.2 Å². The fraction of sp³-hybridized carbons (Fsp3) is 0.333. The lowest BCUT2D eigenvalue weighted by atomic mass is 10.1. The summed E-state index contributed by atoms with van der Waals surface area (Å²) in [6, 6.07) is 3.55. The molecule has 7 nitrogen and oxygen atoms in total. The van der Waals surface area contributed by atoms with Gasteiger partial charge in [0.2, 0.25) is 0 Å². The molecule has 1 heterocycles. The molecule has 1 aromatic carbocycles. The van der Waals surface area contributed by atoms with Gasteiger partial charge in [-0.3, -0.25) is 4.79 Å². The van der Waals surface area contributed by atoms with E-state index in [1.165, 1.54) is 4.68 Å². The molecule has 124 valence electrons. The van der Waals surface area contributed by atoms with Gasteiger partial charge in [-0.05, 0) is 15.9 Å². The van der Waals surface area contributed by atoms with Gasteiger partial charge in [0.05, 0.1) is 38.8 Å². The highest BCUT2D eigenvalue weighted by Crippen LogP contribution is 2.34. The predicted molar refractivity (Wildman–Crippen MR) is 90.6 cm³/mol. The van der Waals surface area contributed by atoms with Crippen molar-refractivity contribution in [2.75, 3.05) is 26.6 Å². The standard InChI is InChI=1S/C15H18BrN3O4/c1-19-15(20)14(16)11(8-18-19)17-7-10-12(22-3)5-9(21-2)6-13(10)23-4/h5-6,8,17H,7H2,1-4H3. The summed E-state index contributed by atoms with van der Waals surface area (Å²) < 4.78 is 17.7. The number of anilines is 1. The Morgan fingerprint density at radius 1 is 1.17 bits per heavy atom. The van der Waals surface area contributed by atoms with Crippen molar-refractivity contribution in [1.82, 2.24) is 9.78 Å². The fourth-order valence-corrected chi connectivity index (χ4v) is 2.57. The first-order chi connectivity index (χ1) is 11.0. The minimum Gasteiger partial charge on any atom is -0.496 e. The Kier molecular flexibility index (Phi) is 5.49. The van der Waals surface area contributed by atoms with E-state index in [4.69, 9.17) is 14.2 Å². The first-order valence-electron chi connectivity index (χ1n) is 6.76. The maximum absolute atomic E-state index is 11.9. The first-order valence-corrected chi connectivity index (χ1v) is 7.55. The Morgan fingerprint density at radius 2 is 1.78 bits per heavy atom. The van der Waals surface area contributed by atoms with Crippen LogP contribution in [0.15, 0.2) is 27.6 Å². The van der Waals surface area contributed by atoms with E-state index >= 15 is 0 Å². The van der Waals surface area contributed by atoms with Gasteiger partial charge in [0.25, 0.3) is 5.56 Å². The van der Waals surface area contributed by atoms with E-state index in [2.05, 4.69) is 26.3 Å². The van der Waals surface area contributed by atoms with Crippen LogP contribution in [-0.4, -0.2) is 31.1 Å². The molecule has 2 aromatic rings. The van der Waals surface area contributed by atoms with E-state index in [9.17, 15) is 4.79 Å². The summed E-state index contributed by atoms with van der Waals surface area (Å²) in [4.78, 5) is 11.9. The van der Waals surface area contributed by atoms with Crippen LogP contribution in [0, 0.1) is 0 Å². The van der Waals surface area contributed by atoms with Gasteiger partial charge in [-0.2, -0.15) is 5.10 Å². The van der Waals surface area contributed by atoms with Crippen molar-refractivity contribution in [1.29, 1.82) is 0 Å². The summed E-state index contributed by atoms with van der Waals surface area (Å²) in [6.45, 7) is 0.393. The molecule has 0 saturated heterocycles. The normalized spacial score (nSPS) is 10.3. The molecule has 0 aliphatic rings. The fourth-order valence-electron chi connectivity index (χ4n) is 2.07. The van der Waals surface area contributed by atoms with Crippen molar-refractivity contribution in [2.45, 2.75) is 6.54 Å². The van der Waals surface area contributed by atoms with E-state index < -0.39 is 0 Å². The van der Waals surface area contributed by atoms with Gasteiger partial charge in [-0.25, -0.2) is 4.68 Å². The van der Waals surface area contributed by atoms with Gasteiger partial charge in [-0.15, -0.1) is 0 Å². The number of methoxy groups -OCH3 is 3. The number of ether oxygens (including phenoxy) is 3. The van der Waals surface area contributed by atoms with E-state index in [1.807, 2.05) is 0 Å². The molecule has 0 atom stereocenters. The number of benzene rings is 1. The van der Waals surface area contributed by atoms with E-state index in [0.717, 1.165) is 5.56 Å². The first kappa shape index (κ1) is 17.1. The molecule has 0 aliphatic heterocycles. The number of nitrogens with one attached hydrogen (secondary N) is 1. The molecule has 0 saturated carbocycles. The molecular formula is C15H18BrN3O4. The van der Waals surface area contributed by atoms with Gasteiger partial charge in [0.1, 0.15) is 21.7 Å². The maximum Gasteiger partial charge on any atom is 0.282 e. The minimum atomic E-state index is -0.219. The maximum atomic E-state index is 11.9. The van der Waals surface area contributed by atoms with Gasteiger partial charge in [-0.1, -0.05) is 0 Å². The molecule has 0 spiro atoms. The monoisotopic (exact) mass is 383 g/mol. The molecule has 0 fully saturated rings. The number of nitrogens with zero attached hydrogens (tertiary/aromatic N) is 2. The molecule has 0 amide bonds. The number of hydrogen-bond acceptors (Lipinski definition) is 6. The molecule has 8 heteroatoms. The lowest BCUT2D eigenvalue weighted by Crippen LogP contribution is -2.21. The highest BCUT2D eigenvalue weighted by Gasteiger charge is 2.14. The van der Waals surface area contributed by atoms with Crippen LogP contribution < -0.4 is 25.1 Å². The highest BCUT2D eigenvalue weighted by atomic mass is 79.9. The van der Waals surface area contributed by atoms with E-state index in [1.54, 1.807) is 46.7 Å². The lowest BCUT2D eigenvalue weighted by molar-refractivity contribution is 0.369. The van der Waals surface area contributed by atoms with Crippen molar-refractivity contribution in [3.05, 3.63) is 38.7 Å². The van der Waals surface area contributed by atoms with E-state index in [0.29, 0.717) is 34.0 Å². The second kappa shape index (κ2) is 7.36. The third-order valence-electron chi connectivity index (χ3n) is 3.35. The SMILES string of the molecule is COc1cc(OC)c(CNc2cnn(C)c(=O)c2Br)c(OC)c1. The second-order valence-electron chi connectivity index (χ2n) is 4.67. The lowest BCUT2D eigenvalue weighted by Gasteiger charge is -2.16. The molecule has 1 N–H and O–H groups in total. The number of aromatic nitrogens is 2. The molecule has 0 bridgehead atoms. The topological polar surface area (TPSA) is 74.6 Å². The molecule has 2 rings (SSSR count). The van der Waals surface area contributed by atoms with Gasteiger partial charge < -0.3 is 19.5 Å². The van der Waals surface area contributed by atoms with Crippen LogP contribution in [-0.2, 0) is 13.6 Å². The molecule has 0 radical (unpaired) electrons. The number of halogens is 1. The number of hydrogen-bond donors (Lipinski definition) is 1. The van der Waals surface area contributed by atoms with E-state index in [-0.39, 0.29) is 5.56 Å². The highest BCUT2D eigenvalue weighted by molar-refractivity contribution is 9.10. The van der Waals surface area contributed by atoms with Crippen LogP contribution >= 0.6 is 15.9 Å². The van der Waals surface area contributed by atoms with Gasteiger partial charge >= 0.3 is 0 Å². The van der Waals surface area contributed by atoms with Crippen LogP contribution in [0.3, 0.4) is 0 Å². The largest absolute Gasteiger partial charge is 0.496 e. The predicted octanol–water partition coefficient (Wildman–Crippen LogP) is 2.18. The van der Waals surface area contributed by atoms with Crippen LogP contribution in [0.1, 0.15) is 5.56 Å². The Balaban J connectivity index is 2.33. The van der Waals surface area contributed by atoms with Gasteiger partial charge in [0, 0.05) is 25.7 Å². The minimum absolute atomic E-state index is 0.219. The molecule has 1 aromatic heterocycles. The van der Waals surface area contributed by atoms with Crippen molar-refractivity contribution >= 4 is 21.6 Å². The molecule has 0 aliphatic carbocycles. The smallest absolute Gasteiger partial charge is 0.282 e. The molecular weight excluding hydrogens is 366 g/mol. The summed E-state index contributed by atoms with van der Waals surface area (Å²) in [6.07, 6.45) is 1.58. The Labute approximate surface area is 142 Å². The Hall–Kier alpha value is -2.22. The average Bonchev–Trinajstić information content (AvgIpc) is 2.58. The Bertz CT molecular complexity index is 736.